The van der Waals surface area contributed by atoms with E-state index in [4.69, 9.17) is 10.9 Å². The molecule has 2 aromatic rings. The monoisotopic (exact) mass is 348 g/mol. The van der Waals surface area contributed by atoms with Crippen LogP contribution in [-0.4, -0.2) is 58.2 Å². The third kappa shape index (κ3) is 3.55. The van der Waals surface area contributed by atoms with Crippen LogP contribution in [0.15, 0.2) is 23.1 Å². The van der Waals surface area contributed by atoms with Gasteiger partial charge in [0.25, 0.3) is 0 Å². The molecule has 1 aliphatic rings. The molecule has 1 saturated heterocycles. The zero-order valence-electron chi connectivity index (χ0n) is 14.0. The van der Waals surface area contributed by atoms with Crippen molar-refractivity contribution >= 4 is 16.9 Å². The Hall–Kier alpha value is -2.29. The molecule has 0 aliphatic carbocycles. The first-order valence-electron chi connectivity index (χ1n) is 8.17. The van der Waals surface area contributed by atoms with Gasteiger partial charge in [0, 0.05) is 49.3 Å². The van der Waals surface area contributed by atoms with Crippen molar-refractivity contribution in [2.24, 2.45) is 5.84 Å². The van der Waals surface area contributed by atoms with E-state index >= 15 is 0 Å². The van der Waals surface area contributed by atoms with Crippen molar-refractivity contribution in [2.75, 3.05) is 26.2 Å². The molecule has 0 bridgehead atoms. The zero-order chi connectivity index (χ0) is 18.1. The van der Waals surface area contributed by atoms with Gasteiger partial charge >= 0.3 is 5.97 Å². The van der Waals surface area contributed by atoms with E-state index in [-0.39, 0.29) is 11.4 Å². The number of aromatic nitrogens is 1. The van der Waals surface area contributed by atoms with Gasteiger partial charge < -0.3 is 15.0 Å². The molecular weight excluding hydrogens is 327 g/mol. The smallest absolute Gasteiger partial charge is 0.341 e. The SMILES string of the molecule is CC1CN(CCc2cc3[nH]cc(C(=O)O)c(=O)c3cc2F)CCN1N. The van der Waals surface area contributed by atoms with Crippen molar-refractivity contribution in [2.45, 2.75) is 19.4 Å². The number of pyridine rings is 1. The first kappa shape index (κ1) is 17.5. The number of piperazine rings is 1. The zero-order valence-corrected chi connectivity index (χ0v) is 14.0. The Balaban J connectivity index is 1.81. The molecule has 25 heavy (non-hydrogen) atoms. The number of aromatic amines is 1. The number of benzene rings is 1. The number of nitrogens with zero attached hydrogens (tertiary/aromatic N) is 2. The van der Waals surface area contributed by atoms with Gasteiger partial charge in [-0.05, 0) is 31.0 Å². The lowest BCUT2D eigenvalue weighted by Gasteiger charge is -2.37. The van der Waals surface area contributed by atoms with Crippen molar-refractivity contribution in [3.05, 3.63) is 45.5 Å². The van der Waals surface area contributed by atoms with E-state index in [2.05, 4.69) is 9.88 Å². The first-order valence-corrected chi connectivity index (χ1v) is 8.17. The van der Waals surface area contributed by atoms with Crippen molar-refractivity contribution in [3.63, 3.8) is 0 Å². The van der Waals surface area contributed by atoms with Gasteiger partial charge in [0.15, 0.2) is 0 Å². The number of hydrazine groups is 1. The number of hydrogen-bond donors (Lipinski definition) is 3. The second-order valence-corrected chi connectivity index (χ2v) is 6.46. The summed E-state index contributed by atoms with van der Waals surface area (Å²) < 4.78 is 14.4. The average Bonchev–Trinajstić information content (AvgIpc) is 2.56. The van der Waals surface area contributed by atoms with Crippen LogP contribution >= 0.6 is 0 Å². The van der Waals surface area contributed by atoms with Crippen molar-refractivity contribution < 1.29 is 14.3 Å². The lowest BCUT2D eigenvalue weighted by atomic mass is 10.1. The quantitative estimate of drug-likeness (QED) is 0.706. The molecule has 1 aromatic carbocycles. The topological polar surface area (TPSA) is 103 Å². The Labute approximate surface area is 143 Å². The van der Waals surface area contributed by atoms with Crippen LogP contribution in [0, 0.1) is 5.82 Å². The van der Waals surface area contributed by atoms with Crippen LogP contribution < -0.4 is 11.3 Å². The van der Waals surface area contributed by atoms with E-state index in [0.717, 1.165) is 31.9 Å². The summed E-state index contributed by atoms with van der Waals surface area (Å²) >= 11 is 0. The van der Waals surface area contributed by atoms with E-state index < -0.39 is 22.8 Å². The standard InChI is InChI=1S/C17H21FN4O3/c1-10-9-21(4-5-22(10)19)3-2-11-6-15-12(7-14(11)18)16(23)13(8-20-15)17(24)25/h6-8,10H,2-5,9,19H2,1H3,(H,20,23)(H,24,25). The van der Waals surface area contributed by atoms with Gasteiger partial charge in [0.05, 0.1) is 0 Å². The number of H-pyrrole nitrogens is 1. The number of carboxylic acid groups (broad SMARTS) is 1. The van der Waals surface area contributed by atoms with Gasteiger partial charge in [-0.3, -0.25) is 10.6 Å². The molecule has 1 unspecified atom stereocenters. The number of rotatable bonds is 4. The Morgan fingerprint density at radius 1 is 1.44 bits per heavy atom. The molecule has 1 fully saturated rings. The minimum atomic E-state index is -1.33. The fraction of sp³-hybridized carbons (Fsp3) is 0.412. The third-order valence-corrected chi connectivity index (χ3v) is 4.74. The van der Waals surface area contributed by atoms with Crippen molar-refractivity contribution in [1.29, 1.82) is 0 Å². The predicted octanol–water partition coefficient (Wildman–Crippen LogP) is 0.788. The lowest BCUT2D eigenvalue weighted by molar-refractivity contribution is 0.0695. The first-order chi connectivity index (χ1) is 11.9. The second kappa shape index (κ2) is 6.91. The number of fused-ring (bicyclic) bond motifs is 1. The molecule has 8 heteroatoms. The Morgan fingerprint density at radius 3 is 2.88 bits per heavy atom. The number of nitrogens with one attached hydrogen (secondary N) is 1. The van der Waals surface area contributed by atoms with E-state index in [0.29, 0.717) is 24.0 Å². The van der Waals surface area contributed by atoms with E-state index in [9.17, 15) is 14.0 Å². The highest BCUT2D eigenvalue weighted by atomic mass is 19.1. The lowest BCUT2D eigenvalue weighted by Crippen LogP contribution is -2.55. The number of carbonyl (C=O) groups is 1. The molecule has 2 heterocycles. The third-order valence-electron chi connectivity index (χ3n) is 4.74. The van der Waals surface area contributed by atoms with Gasteiger partial charge in [0.2, 0.25) is 5.43 Å². The predicted molar refractivity (Wildman–Crippen MR) is 92.0 cm³/mol. The molecule has 134 valence electrons. The highest BCUT2D eigenvalue weighted by Gasteiger charge is 2.21. The molecule has 0 spiro atoms. The van der Waals surface area contributed by atoms with Gasteiger partial charge in [0.1, 0.15) is 11.4 Å². The van der Waals surface area contributed by atoms with Gasteiger partial charge in [-0.1, -0.05) is 0 Å². The molecule has 1 aliphatic heterocycles. The van der Waals surface area contributed by atoms with Crippen LogP contribution in [0.25, 0.3) is 10.9 Å². The summed E-state index contributed by atoms with van der Waals surface area (Å²) in [6, 6.07) is 2.96. The van der Waals surface area contributed by atoms with Gasteiger partial charge in [-0.15, -0.1) is 0 Å². The van der Waals surface area contributed by atoms with Gasteiger partial charge in [-0.2, -0.15) is 0 Å². The molecule has 3 rings (SSSR count). The average molecular weight is 348 g/mol. The minimum Gasteiger partial charge on any atom is -0.477 e. The van der Waals surface area contributed by atoms with E-state index in [1.54, 1.807) is 11.1 Å². The number of halogens is 1. The molecule has 1 atom stereocenters. The van der Waals surface area contributed by atoms with Crippen molar-refractivity contribution in [1.82, 2.24) is 14.9 Å². The number of nitrogens with two attached hydrogens (primary N) is 1. The Kier molecular flexibility index (Phi) is 4.85. The maximum atomic E-state index is 14.4. The fourth-order valence-electron chi connectivity index (χ4n) is 3.17. The summed E-state index contributed by atoms with van der Waals surface area (Å²) in [5, 5.41) is 10.8. The normalized spacial score (nSPS) is 19.4. The maximum absolute atomic E-state index is 14.4. The van der Waals surface area contributed by atoms with Crippen LogP contribution in [-0.2, 0) is 6.42 Å². The highest BCUT2D eigenvalue weighted by Crippen LogP contribution is 2.17. The summed E-state index contributed by atoms with van der Waals surface area (Å²) in [5.74, 6) is 4.03. The van der Waals surface area contributed by atoms with Crippen LogP contribution in [0.5, 0.6) is 0 Å². The van der Waals surface area contributed by atoms with Crippen LogP contribution in [0.2, 0.25) is 0 Å². The second-order valence-electron chi connectivity index (χ2n) is 6.46. The minimum absolute atomic E-state index is 0.0477. The number of aromatic carboxylic acids is 1. The number of carboxylic acids is 1. The molecule has 4 N–H and O–H groups in total. The molecule has 1 aromatic heterocycles. The van der Waals surface area contributed by atoms with E-state index in [1.807, 2.05) is 6.92 Å². The summed E-state index contributed by atoms with van der Waals surface area (Å²) in [4.78, 5) is 28.1. The van der Waals surface area contributed by atoms with Crippen LogP contribution in [0.4, 0.5) is 4.39 Å². The van der Waals surface area contributed by atoms with Gasteiger partial charge in [-0.25, -0.2) is 14.2 Å². The summed E-state index contributed by atoms with van der Waals surface area (Å²) in [5.41, 5.74) is -0.145. The van der Waals surface area contributed by atoms with Crippen molar-refractivity contribution in [3.8, 4) is 0 Å². The van der Waals surface area contributed by atoms with E-state index in [1.165, 1.54) is 0 Å². The largest absolute Gasteiger partial charge is 0.477 e. The summed E-state index contributed by atoms with van der Waals surface area (Å²) in [6.45, 7) is 5.16. The fourth-order valence-corrected chi connectivity index (χ4v) is 3.17. The van der Waals surface area contributed by atoms with Crippen LogP contribution in [0.3, 0.4) is 0 Å². The Morgan fingerprint density at radius 2 is 2.20 bits per heavy atom. The Bertz CT molecular complexity index is 867. The summed E-state index contributed by atoms with van der Waals surface area (Å²) in [6.07, 6.45) is 1.65. The molecule has 7 nitrogen and oxygen atoms in total. The summed E-state index contributed by atoms with van der Waals surface area (Å²) in [7, 11) is 0. The number of hydrogen-bond acceptors (Lipinski definition) is 5. The maximum Gasteiger partial charge on any atom is 0.341 e. The van der Waals surface area contributed by atoms with Crippen LogP contribution in [0.1, 0.15) is 22.8 Å². The molecular formula is C17H21FN4O3. The molecule has 0 saturated carbocycles. The molecule has 0 radical (unpaired) electrons. The molecule has 0 amide bonds. The highest BCUT2D eigenvalue weighted by molar-refractivity contribution is 5.92.